The third kappa shape index (κ3) is 3.53. The lowest BCUT2D eigenvalue weighted by molar-refractivity contribution is -0.274. The maximum atomic E-state index is 12.9. The summed E-state index contributed by atoms with van der Waals surface area (Å²) in [5.74, 6) is -3.55. The van der Waals surface area contributed by atoms with Crippen molar-refractivity contribution in [2.75, 3.05) is 0 Å². The van der Waals surface area contributed by atoms with E-state index >= 15 is 0 Å². The SMILES string of the molecule is N#Cc1cc(OC(F)(F)F)cc2c1OC(C(F)(F)F)C(C(=O)O)=C2. The first-order chi connectivity index (χ1) is 10.9. The molecule has 0 saturated carbocycles. The number of nitriles is 1. The van der Waals surface area contributed by atoms with E-state index < -0.39 is 52.8 Å². The van der Waals surface area contributed by atoms with Crippen molar-refractivity contribution in [2.45, 2.75) is 18.6 Å². The van der Waals surface area contributed by atoms with Gasteiger partial charge in [0.1, 0.15) is 17.6 Å². The first kappa shape index (κ1) is 17.5. The molecule has 0 radical (unpaired) electrons. The van der Waals surface area contributed by atoms with E-state index in [0.29, 0.717) is 18.2 Å². The maximum Gasteiger partial charge on any atom is 0.573 e. The van der Waals surface area contributed by atoms with Crippen LogP contribution in [-0.4, -0.2) is 29.7 Å². The monoisotopic (exact) mass is 353 g/mol. The van der Waals surface area contributed by atoms with E-state index in [2.05, 4.69) is 9.47 Å². The highest BCUT2D eigenvalue weighted by molar-refractivity contribution is 5.95. The second-order valence-corrected chi connectivity index (χ2v) is 4.49. The molecule has 11 heteroatoms. The molecule has 1 heterocycles. The molecule has 1 unspecified atom stereocenters. The van der Waals surface area contributed by atoms with E-state index in [0.717, 1.165) is 0 Å². The second-order valence-electron chi connectivity index (χ2n) is 4.49. The van der Waals surface area contributed by atoms with Crippen LogP contribution in [0.15, 0.2) is 17.7 Å². The lowest BCUT2D eigenvalue weighted by Gasteiger charge is -2.27. The Morgan fingerprint density at radius 2 is 1.88 bits per heavy atom. The van der Waals surface area contributed by atoms with Crippen LogP contribution in [0, 0.1) is 11.3 Å². The van der Waals surface area contributed by atoms with Crippen LogP contribution in [-0.2, 0) is 4.79 Å². The number of aliphatic carboxylic acids is 1. The highest BCUT2D eigenvalue weighted by atomic mass is 19.4. The van der Waals surface area contributed by atoms with Crippen molar-refractivity contribution in [3.63, 3.8) is 0 Å². The van der Waals surface area contributed by atoms with Crippen molar-refractivity contribution < 1.29 is 45.7 Å². The van der Waals surface area contributed by atoms with E-state index in [9.17, 15) is 31.1 Å². The fourth-order valence-corrected chi connectivity index (χ4v) is 1.98. The van der Waals surface area contributed by atoms with Gasteiger partial charge in [0.2, 0.25) is 6.10 Å². The molecule has 0 saturated heterocycles. The molecule has 0 fully saturated rings. The lowest BCUT2D eigenvalue weighted by Crippen LogP contribution is -2.40. The summed E-state index contributed by atoms with van der Waals surface area (Å²) in [7, 11) is 0. The van der Waals surface area contributed by atoms with Crippen LogP contribution in [0.2, 0.25) is 0 Å². The van der Waals surface area contributed by atoms with Crippen molar-refractivity contribution >= 4 is 12.0 Å². The summed E-state index contributed by atoms with van der Waals surface area (Å²) in [5.41, 5.74) is -2.35. The molecule has 24 heavy (non-hydrogen) atoms. The molecule has 0 aliphatic carbocycles. The Hall–Kier alpha value is -2.90. The number of hydrogen-bond donors (Lipinski definition) is 1. The normalized spacial score (nSPS) is 17.2. The lowest BCUT2D eigenvalue weighted by atomic mass is 9.99. The number of carboxylic acid groups (broad SMARTS) is 1. The molecule has 128 valence electrons. The Labute approximate surface area is 129 Å². The van der Waals surface area contributed by atoms with Crippen LogP contribution in [0.25, 0.3) is 6.08 Å². The average Bonchev–Trinajstić information content (AvgIpc) is 2.42. The minimum atomic E-state index is -5.11. The number of carboxylic acids is 1. The largest absolute Gasteiger partial charge is 0.573 e. The average molecular weight is 353 g/mol. The van der Waals surface area contributed by atoms with Gasteiger partial charge in [-0.05, 0) is 12.1 Å². The molecule has 5 nitrogen and oxygen atoms in total. The highest BCUT2D eigenvalue weighted by Gasteiger charge is 2.49. The molecular formula is C13H5F6NO4. The quantitative estimate of drug-likeness (QED) is 0.826. The Balaban J connectivity index is 2.61. The van der Waals surface area contributed by atoms with Crippen molar-refractivity contribution in [2.24, 2.45) is 0 Å². The summed E-state index contributed by atoms with van der Waals surface area (Å²) in [4.78, 5) is 11.0. The smallest absolute Gasteiger partial charge is 0.478 e. The molecule has 1 aliphatic heterocycles. The van der Waals surface area contributed by atoms with Crippen LogP contribution in [0.3, 0.4) is 0 Å². The van der Waals surface area contributed by atoms with Crippen molar-refractivity contribution in [3.8, 4) is 17.6 Å². The van der Waals surface area contributed by atoms with Gasteiger partial charge in [-0.3, -0.25) is 0 Å². The van der Waals surface area contributed by atoms with Crippen LogP contribution in [0.4, 0.5) is 26.3 Å². The first-order valence-electron chi connectivity index (χ1n) is 5.94. The van der Waals surface area contributed by atoms with Crippen LogP contribution in [0.1, 0.15) is 11.1 Å². The van der Waals surface area contributed by atoms with Gasteiger partial charge in [0, 0.05) is 11.6 Å². The molecule has 1 aromatic carbocycles. The van der Waals surface area contributed by atoms with E-state index in [4.69, 9.17) is 10.4 Å². The van der Waals surface area contributed by atoms with E-state index in [1.165, 1.54) is 6.07 Å². The number of carbonyl (C=O) groups is 1. The number of fused-ring (bicyclic) bond motifs is 1. The summed E-state index contributed by atoms with van der Waals surface area (Å²) in [5, 5.41) is 17.8. The molecule has 1 aliphatic rings. The predicted molar refractivity (Wildman–Crippen MR) is 63.9 cm³/mol. The number of ether oxygens (including phenoxy) is 2. The Morgan fingerprint density at radius 1 is 1.25 bits per heavy atom. The number of benzene rings is 1. The molecule has 2 rings (SSSR count). The molecule has 1 atom stereocenters. The molecule has 0 bridgehead atoms. The van der Waals surface area contributed by atoms with Gasteiger partial charge >= 0.3 is 18.5 Å². The van der Waals surface area contributed by atoms with Gasteiger partial charge in [-0.2, -0.15) is 18.4 Å². The van der Waals surface area contributed by atoms with E-state index in [1.807, 2.05) is 0 Å². The minimum Gasteiger partial charge on any atom is -0.478 e. The van der Waals surface area contributed by atoms with E-state index in [-0.39, 0.29) is 0 Å². The highest BCUT2D eigenvalue weighted by Crippen LogP contribution is 2.41. The van der Waals surface area contributed by atoms with Crippen molar-refractivity contribution in [1.82, 2.24) is 0 Å². The summed E-state index contributed by atoms with van der Waals surface area (Å²) < 4.78 is 83.5. The summed E-state index contributed by atoms with van der Waals surface area (Å²) in [6, 6.07) is 2.55. The Kier molecular flexibility index (Phi) is 4.09. The number of hydrogen-bond acceptors (Lipinski definition) is 4. The fraction of sp³-hybridized carbons (Fsp3) is 0.231. The van der Waals surface area contributed by atoms with Gasteiger partial charge in [-0.15, -0.1) is 13.2 Å². The van der Waals surface area contributed by atoms with Gasteiger partial charge in [-0.1, -0.05) is 0 Å². The topological polar surface area (TPSA) is 79.5 Å². The molecular weight excluding hydrogens is 348 g/mol. The molecule has 1 aromatic rings. The van der Waals surface area contributed by atoms with Gasteiger partial charge in [-0.25, -0.2) is 4.79 Å². The Bertz CT molecular complexity index is 759. The molecule has 0 amide bonds. The summed E-state index contributed by atoms with van der Waals surface area (Å²) in [6.45, 7) is 0. The van der Waals surface area contributed by atoms with Gasteiger partial charge in [0.25, 0.3) is 0 Å². The number of rotatable bonds is 2. The van der Waals surface area contributed by atoms with Gasteiger partial charge in [0.15, 0.2) is 0 Å². The maximum absolute atomic E-state index is 12.9. The summed E-state index contributed by atoms with van der Waals surface area (Å²) >= 11 is 0. The first-order valence-corrected chi connectivity index (χ1v) is 5.94. The van der Waals surface area contributed by atoms with Gasteiger partial charge in [0.05, 0.1) is 11.1 Å². The van der Waals surface area contributed by atoms with Crippen LogP contribution >= 0.6 is 0 Å². The van der Waals surface area contributed by atoms with Crippen molar-refractivity contribution in [1.29, 1.82) is 5.26 Å². The third-order valence-electron chi connectivity index (χ3n) is 2.82. The molecule has 0 aromatic heterocycles. The fourth-order valence-electron chi connectivity index (χ4n) is 1.98. The molecule has 0 spiro atoms. The van der Waals surface area contributed by atoms with Crippen molar-refractivity contribution in [3.05, 3.63) is 28.8 Å². The molecule has 1 N–H and O–H groups in total. The standard InChI is InChI=1S/C13H5F6NO4/c14-12(15,16)10-8(11(21)22)3-5-1-7(24-13(17,18)19)2-6(4-20)9(5)23-10/h1-3,10H,(H,21,22). The van der Waals surface area contributed by atoms with Crippen LogP contribution in [0.5, 0.6) is 11.5 Å². The zero-order valence-electron chi connectivity index (χ0n) is 11.2. The van der Waals surface area contributed by atoms with Crippen LogP contribution < -0.4 is 9.47 Å². The minimum absolute atomic E-state index is 0.453. The zero-order chi connectivity index (χ0) is 18.3. The number of alkyl halides is 6. The predicted octanol–water partition coefficient (Wildman–Crippen LogP) is 3.25. The van der Waals surface area contributed by atoms with Gasteiger partial charge < -0.3 is 14.6 Å². The second kappa shape index (κ2) is 5.63. The number of nitrogens with zero attached hydrogens (tertiary/aromatic N) is 1. The summed E-state index contributed by atoms with van der Waals surface area (Å²) in [6.07, 6.45) is -12.6. The third-order valence-corrected chi connectivity index (χ3v) is 2.82. The number of halogens is 6. The Morgan fingerprint density at radius 3 is 2.33 bits per heavy atom. The zero-order valence-corrected chi connectivity index (χ0v) is 11.2. The van der Waals surface area contributed by atoms with E-state index in [1.54, 1.807) is 0 Å².